The van der Waals surface area contributed by atoms with Crippen LogP contribution >= 0.6 is 12.2 Å². The van der Waals surface area contributed by atoms with Gasteiger partial charge < -0.3 is 14.8 Å². The standard InChI is InChI=1S/C20H18FN3S/c21-17-10-5-4-9-16(17)19-18-11-6-12-23(18)13-14-24(19)20(25)22-15-7-2-1-3-8-15/h1-12,19H,13-14H2,(H,22,25)/t19-/m0/s1. The second-order valence-electron chi connectivity index (χ2n) is 6.04. The first-order valence-electron chi connectivity index (χ1n) is 8.26. The normalized spacial score (nSPS) is 16.4. The van der Waals surface area contributed by atoms with Crippen molar-refractivity contribution in [1.29, 1.82) is 0 Å². The van der Waals surface area contributed by atoms with Crippen LogP contribution in [0.1, 0.15) is 17.3 Å². The number of hydrogen-bond acceptors (Lipinski definition) is 1. The number of hydrogen-bond donors (Lipinski definition) is 1. The van der Waals surface area contributed by atoms with Crippen molar-refractivity contribution in [1.82, 2.24) is 9.47 Å². The number of anilines is 1. The summed E-state index contributed by atoms with van der Waals surface area (Å²) in [5.74, 6) is -0.213. The van der Waals surface area contributed by atoms with Crippen LogP contribution in [-0.4, -0.2) is 21.1 Å². The highest BCUT2D eigenvalue weighted by Gasteiger charge is 2.32. The Bertz CT molecular complexity index is 891. The first kappa shape index (κ1) is 15.8. The van der Waals surface area contributed by atoms with Gasteiger partial charge in [0.25, 0.3) is 0 Å². The van der Waals surface area contributed by atoms with E-state index >= 15 is 0 Å². The van der Waals surface area contributed by atoms with Crippen LogP contribution in [0.5, 0.6) is 0 Å². The molecule has 126 valence electrons. The third kappa shape index (κ3) is 3.03. The number of nitrogens with zero attached hydrogens (tertiary/aromatic N) is 2. The first-order chi connectivity index (χ1) is 12.2. The maximum Gasteiger partial charge on any atom is 0.174 e. The van der Waals surface area contributed by atoms with Gasteiger partial charge in [0.05, 0.1) is 6.04 Å². The van der Waals surface area contributed by atoms with Crippen LogP contribution in [0.4, 0.5) is 10.1 Å². The van der Waals surface area contributed by atoms with Crippen molar-refractivity contribution in [2.75, 3.05) is 11.9 Å². The fourth-order valence-corrected chi connectivity index (χ4v) is 3.66. The number of fused-ring (bicyclic) bond motifs is 1. The van der Waals surface area contributed by atoms with E-state index in [4.69, 9.17) is 12.2 Å². The molecule has 4 rings (SSSR count). The molecule has 0 spiro atoms. The van der Waals surface area contributed by atoms with Gasteiger partial charge in [0.1, 0.15) is 5.82 Å². The lowest BCUT2D eigenvalue weighted by Crippen LogP contribution is -2.44. The lowest BCUT2D eigenvalue weighted by Gasteiger charge is -2.39. The van der Waals surface area contributed by atoms with Gasteiger partial charge in [0.15, 0.2) is 5.11 Å². The van der Waals surface area contributed by atoms with Crippen molar-refractivity contribution in [2.24, 2.45) is 0 Å². The number of aromatic nitrogens is 1. The molecule has 1 atom stereocenters. The van der Waals surface area contributed by atoms with Crippen molar-refractivity contribution in [3.63, 3.8) is 0 Å². The summed E-state index contributed by atoms with van der Waals surface area (Å²) in [6, 6.07) is 20.5. The van der Waals surface area contributed by atoms with Crippen molar-refractivity contribution >= 4 is 23.0 Å². The molecule has 1 aliphatic heterocycles. The van der Waals surface area contributed by atoms with Crippen molar-refractivity contribution in [3.05, 3.63) is 90.0 Å². The molecule has 0 aliphatic carbocycles. The van der Waals surface area contributed by atoms with Gasteiger partial charge in [-0.05, 0) is 42.5 Å². The molecule has 0 fully saturated rings. The van der Waals surface area contributed by atoms with E-state index in [9.17, 15) is 4.39 Å². The molecule has 0 saturated heterocycles. The number of benzene rings is 2. The lowest BCUT2D eigenvalue weighted by atomic mass is 10.00. The summed E-state index contributed by atoms with van der Waals surface area (Å²) in [5.41, 5.74) is 2.62. The molecule has 3 nitrogen and oxygen atoms in total. The fourth-order valence-electron chi connectivity index (χ4n) is 3.34. The summed E-state index contributed by atoms with van der Waals surface area (Å²) in [6.45, 7) is 1.54. The number of para-hydroxylation sites is 1. The molecule has 25 heavy (non-hydrogen) atoms. The number of thiocarbonyl (C=S) groups is 1. The van der Waals surface area contributed by atoms with Gasteiger partial charge >= 0.3 is 0 Å². The van der Waals surface area contributed by atoms with Crippen LogP contribution < -0.4 is 5.32 Å². The van der Waals surface area contributed by atoms with Gasteiger partial charge in [0, 0.05) is 36.2 Å². The molecule has 1 aliphatic rings. The maximum absolute atomic E-state index is 14.5. The molecule has 0 unspecified atom stereocenters. The van der Waals surface area contributed by atoms with E-state index in [1.54, 1.807) is 6.07 Å². The summed E-state index contributed by atoms with van der Waals surface area (Å²) in [6.07, 6.45) is 2.04. The van der Waals surface area contributed by atoms with Crippen molar-refractivity contribution in [2.45, 2.75) is 12.6 Å². The summed E-state index contributed by atoms with van der Waals surface area (Å²) in [4.78, 5) is 2.07. The highest BCUT2D eigenvalue weighted by atomic mass is 32.1. The van der Waals surface area contributed by atoms with E-state index in [-0.39, 0.29) is 11.9 Å². The van der Waals surface area contributed by atoms with Gasteiger partial charge in [-0.3, -0.25) is 0 Å². The zero-order valence-electron chi connectivity index (χ0n) is 13.6. The number of halogens is 1. The minimum absolute atomic E-state index is 0.213. The Morgan fingerprint density at radius 3 is 2.52 bits per heavy atom. The highest BCUT2D eigenvalue weighted by molar-refractivity contribution is 7.80. The predicted octanol–water partition coefficient (Wildman–Crippen LogP) is 4.43. The second-order valence-corrected chi connectivity index (χ2v) is 6.43. The monoisotopic (exact) mass is 351 g/mol. The summed E-state index contributed by atoms with van der Waals surface area (Å²) >= 11 is 5.66. The van der Waals surface area contributed by atoms with Crippen LogP contribution in [0.15, 0.2) is 72.9 Å². The van der Waals surface area contributed by atoms with E-state index in [0.717, 1.165) is 24.5 Å². The Balaban J connectivity index is 1.71. The Labute approximate surface area is 151 Å². The van der Waals surface area contributed by atoms with E-state index in [1.165, 1.54) is 6.07 Å². The molecular formula is C20H18FN3S. The Morgan fingerprint density at radius 1 is 0.960 bits per heavy atom. The van der Waals surface area contributed by atoms with Crippen LogP contribution in [0.25, 0.3) is 0 Å². The molecule has 0 bridgehead atoms. The highest BCUT2D eigenvalue weighted by Crippen LogP contribution is 2.34. The van der Waals surface area contributed by atoms with Gasteiger partial charge in [-0.25, -0.2) is 4.39 Å². The molecule has 0 amide bonds. The summed E-state index contributed by atoms with van der Waals surface area (Å²) in [7, 11) is 0. The fraction of sp³-hybridized carbons (Fsp3) is 0.150. The summed E-state index contributed by atoms with van der Waals surface area (Å²) < 4.78 is 16.7. The quantitative estimate of drug-likeness (QED) is 0.690. The third-order valence-corrected chi connectivity index (χ3v) is 4.86. The second kappa shape index (κ2) is 6.69. The van der Waals surface area contributed by atoms with Gasteiger partial charge in [-0.2, -0.15) is 0 Å². The minimum Gasteiger partial charge on any atom is -0.348 e. The van der Waals surface area contributed by atoms with Gasteiger partial charge in [0.2, 0.25) is 0 Å². The maximum atomic E-state index is 14.5. The molecular weight excluding hydrogens is 333 g/mol. The Kier molecular flexibility index (Phi) is 4.24. The molecule has 1 aromatic heterocycles. The van der Waals surface area contributed by atoms with Crippen LogP contribution in [0.2, 0.25) is 0 Å². The molecule has 2 aromatic carbocycles. The average Bonchev–Trinajstić information content (AvgIpc) is 3.11. The van der Waals surface area contributed by atoms with Crippen LogP contribution in [0, 0.1) is 5.82 Å². The summed E-state index contributed by atoms with van der Waals surface area (Å²) in [5, 5.41) is 3.88. The topological polar surface area (TPSA) is 20.2 Å². The molecule has 0 radical (unpaired) electrons. The largest absolute Gasteiger partial charge is 0.348 e. The third-order valence-electron chi connectivity index (χ3n) is 4.52. The van der Waals surface area contributed by atoms with Crippen molar-refractivity contribution in [3.8, 4) is 0 Å². The molecule has 2 heterocycles. The smallest absolute Gasteiger partial charge is 0.174 e. The first-order valence-corrected chi connectivity index (χ1v) is 8.67. The average molecular weight is 351 g/mol. The number of nitrogens with one attached hydrogen (secondary N) is 1. The molecule has 5 heteroatoms. The van der Waals surface area contributed by atoms with Crippen molar-refractivity contribution < 1.29 is 4.39 Å². The van der Waals surface area contributed by atoms with E-state index < -0.39 is 0 Å². The lowest BCUT2D eigenvalue weighted by molar-refractivity contribution is 0.288. The SMILES string of the molecule is Fc1ccccc1[C@H]1c2cccn2CCN1C(=S)Nc1ccccc1. The zero-order chi connectivity index (χ0) is 17.2. The van der Waals surface area contributed by atoms with E-state index in [0.29, 0.717) is 10.7 Å². The number of rotatable bonds is 2. The van der Waals surface area contributed by atoms with Crippen LogP contribution in [0.3, 0.4) is 0 Å². The zero-order valence-corrected chi connectivity index (χ0v) is 14.4. The van der Waals surface area contributed by atoms with Crippen LogP contribution in [-0.2, 0) is 6.54 Å². The molecule has 0 saturated carbocycles. The van der Waals surface area contributed by atoms with Gasteiger partial charge in [-0.1, -0.05) is 36.4 Å². The minimum atomic E-state index is -0.242. The van der Waals surface area contributed by atoms with E-state index in [1.807, 2.05) is 60.8 Å². The molecule has 3 aromatic rings. The predicted molar refractivity (Wildman–Crippen MR) is 102 cm³/mol. The Hall–Kier alpha value is -2.66. The van der Waals surface area contributed by atoms with E-state index in [2.05, 4.69) is 14.8 Å². The molecule has 1 N–H and O–H groups in total. The Morgan fingerprint density at radius 2 is 1.72 bits per heavy atom. The van der Waals surface area contributed by atoms with Gasteiger partial charge in [-0.15, -0.1) is 0 Å².